The molecule has 15 heavy (non-hydrogen) atoms. The minimum Gasteiger partial charge on any atom is -0.478 e. The fraction of sp³-hybridized carbons (Fsp3) is 0.500. The Hall–Kier alpha value is -1.26. The first-order chi connectivity index (χ1) is 7.04. The van der Waals surface area contributed by atoms with Crippen molar-refractivity contribution in [2.45, 2.75) is 25.9 Å². The van der Waals surface area contributed by atoms with Gasteiger partial charge in [0.05, 0.1) is 6.61 Å². The maximum absolute atomic E-state index is 12.2. The van der Waals surface area contributed by atoms with Crippen LogP contribution in [0.3, 0.4) is 0 Å². The summed E-state index contributed by atoms with van der Waals surface area (Å²) in [6.07, 6.45) is -2.68. The minimum absolute atomic E-state index is 0.0262. The van der Waals surface area contributed by atoms with E-state index in [1.807, 2.05) is 6.92 Å². The normalized spacial score (nSPS) is 11.5. The van der Waals surface area contributed by atoms with Gasteiger partial charge in [-0.3, -0.25) is 0 Å². The highest BCUT2D eigenvalue weighted by atomic mass is 19.4. The quantitative estimate of drug-likeness (QED) is 0.725. The highest BCUT2D eigenvalue weighted by Gasteiger charge is 2.32. The lowest BCUT2D eigenvalue weighted by Gasteiger charge is -2.08. The van der Waals surface area contributed by atoms with Crippen molar-refractivity contribution in [1.82, 2.24) is 4.98 Å². The standard InChI is InChI=1S/C10H12F3NO/c1-2-3-7-15-9-6-4-5-8(14-9)10(11,12)13/h4-6H,2-3,7H2,1H3. The molecule has 1 aromatic rings. The molecule has 0 fully saturated rings. The van der Waals surface area contributed by atoms with Crippen molar-refractivity contribution in [2.75, 3.05) is 6.61 Å². The third-order valence-corrected chi connectivity index (χ3v) is 1.76. The van der Waals surface area contributed by atoms with Crippen LogP contribution >= 0.6 is 0 Å². The summed E-state index contributed by atoms with van der Waals surface area (Å²) in [5.41, 5.74) is -0.920. The highest BCUT2D eigenvalue weighted by molar-refractivity contribution is 5.17. The molecular weight excluding hydrogens is 207 g/mol. The summed E-state index contributed by atoms with van der Waals surface area (Å²) in [6, 6.07) is 3.63. The molecule has 0 spiro atoms. The molecule has 0 saturated carbocycles. The van der Waals surface area contributed by atoms with Crippen molar-refractivity contribution in [3.8, 4) is 5.88 Å². The zero-order chi connectivity index (χ0) is 11.3. The molecule has 0 aliphatic rings. The molecule has 0 bridgehead atoms. The van der Waals surface area contributed by atoms with Crippen LogP contribution in [-0.2, 0) is 6.18 Å². The summed E-state index contributed by atoms with van der Waals surface area (Å²) < 4.78 is 41.8. The van der Waals surface area contributed by atoms with Crippen molar-refractivity contribution in [1.29, 1.82) is 0 Å². The van der Waals surface area contributed by atoms with Crippen LogP contribution in [0, 0.1) is 0 Å². The number of hydrogen-bond acceptors (Lipinski definition) is 2. The molecule has 0 unspecified atom stereocenters. The summed E-state index contributed by atoms with van der Waals surface area (Å²) >= 11 is 0. The van der Waals surface area contributed by atoms with Crippen LogP contribution in [0.1, 0.15) is 25.5 Å². The average molecular weight is 219 g/mol. The lowest BCUT2D eigenvalue weighted by atomic mass is 10.3. The van der Waals surface area contributed by atoms with Crippen LogP contribution in [0.25, 0.3) is 0 Å². The van der Waals surface area contributed by atoms with Gasteiger partial charge < -0.3 is 4.74 Å². The van der Waals surface area contributed by atoms with E-state index < -0.39 is 11.9 Å². The number of alkyl halides is 3. The van der Waals surface area contributed by atoms with E-state index in [9.17, 15) is 13.2 Å². The number of ether oxygens (including phenoxy) is 1. The van der Waals surface area contributed by atoms with Crippen LogP contribution in [-0.4, -0.2) is 11.6 Å². The van der Waals surface area contributed by atoms with Gasteiger partial charge in [-0.05, 0) is 12.5 Å². The first-order valence-corrected chi connectivity index (χ1v) is 4.71. The molecule has 2 nitrogen and oxygen atoms in total. The van der Waals surface area contributed by atoms with E-state index in [0.717, 1.165) is 18.9 Å². The van der Waals surface area contributed by atoms with E-state index in [2.05, 4.69) is 4.98 Å². The van der Waals surface area contributed by atoms with Crippen LogP contribution in [0.2, 0.25) is 0 Å². The Labute approximate surface area is 86.1 Å². The van der Waals surface area contributed by atoms with Gasteiger partial charge in [-0.25, -0.2) is 4.98 Å². The first-order valence-electron chi connectivity index (χ1n) is 4.71. The van der Waals surface area contributed by atoms with Gasteiger partial charge in [0.1, 0.15) is 5.69 Å². The summed E-state index contributed by atoms with van der Waals surface area (Å²) in [7, 11) is 0. The van der Waals surface area contributed by atoms with Crippen molar-refractivity contribution >= 4 is 0 Å². The predicted molar refractivity (Wildman–Crippen MR) is 49.6 cm³/mol. The molecular formula is C10H12F3NO. The van der Waals surface area contributed by atoms with Gasteiger partial charge in [-0.1, -0.05) is 19.4 Å². The van der Waals surface area contributed by atoms with Crippen LogP contribution in [0.5, 0.6) is 5.88 Å². The number of hydrogen-bond donors (Lipinski definition) is 0. The molecule has 1 aromatic heterocycles. The molecule has 0 aliphatic heterocycles. The third kappa shape index (κ3) is 3.77. The molecule has 0 N–H and O–H groups in total. The smallest absolute Gasteiger partial charge is 0.433 e. The Kier molecular flexibility index (Phi) is 3.94. The topological polar surface area (TPSA) is 22.1 Å². The monoisotopic (exact) mass is 219 g/mol. The van der Waals surface area contributed by atoms with Gasteiger partial charge in [-0.15, -0.1) is 0 Å². The van der Waals surface area contributed by atoms with Crippen molar-refractivity contribution < 1.29 is 17.9 Å². The molecule has 0 radical (unpaired) electrons. The summed E-state index contributed by atoms with van der Waals surface area (Å²) in [5, 5.41) is 0. The minimum atomic E-state index is -4.41. The third-order valence-electron chi connectivity index (χ3n) is 1.76. The van der Waals surface area contributed by atoms with Crippen LogP contribution < -0.4 is 4.74 Å². The van der Waals surface area contributed by atoms with E-state index in [0.29, 0.717) is 6.61 Å². The number of rotatable bonds is 4. The summed E-state index contributed by atoms with van der Waals surface area (Å²) in [4.78, 5) is 3.37. The van der Waals surface area contributed by atoms with E-state index in [1.165, 1.54) is 12.1 Å². The Morgan fingerprint density at radius 1 is 1.33 bits per heavy atom. The highest BCUT2D eigenvalue weighted by Crippen LogP contribution is 2.28. The molecule has 0 aromatic carbocycles. The number of nitrogens with zero attached hydrogens (tertiary/aromatic N) is 1. The maximum atomic E-state index is 12.2. The number of aromatic nitrogens is 1. The van der Waals surface area contributed by atoms with Gasteiger partial charge in [0.15, 0.2) is 0 Å². The van der Waals surface area contributed by atoms with E-state index in [4.69, 9.17) is 4.74 Å². The summed E-state index contributed by atoms with van der Waals surface area (Å²) in [6.45, 7) is 2.37. The van der Waals surface area contributed by atoms with Gasteiger partial charge >= 0.3 is 6.18 Å². The van der Waals surface area contributed by atoms with Crippen LogP contribution in [0.4, 0.5) is 13.2 Å². The second kappa shape index (κ2) is 5.00. The fourth-order valence-corrected chi connectivity index (χ4v) is 0.974. The number of pyridine rings is 1. The lowest BCUT2D eigenvalue weighted by Crippen LogP contribution is -2.09. The molecule has 1 rings (SSSR count). The molecule has 0 aliphatic carbocycles. The Balaban J connectivity index is 2.66. The van der Waals surface area contributed by atoms with Crippen molar-refractivity contribution in [3.63, 3.8) is 0 Å². The van der Waals surface area contributed by atoms with Crippen molar-refractivity contribution in [3.05, 3.63) is 23.9 Å². The largest absolute Gasteiger partial charge is 0.478 e. The van der Waals surface area contributed by atoms with E-state index >= 15 is 0 Å². The molecule has 0 amide bonds. The molecule has 5 heteroatoms. The van der Waals surface area contributed by atoms with Crippen LogP contribution in [0.15, 0.2) is 18.2 Å². The predicted octanol–water partition coefficient (Wildman–Crippen LogP) is 3.28. The molecule has 1 heterocycles. The zero-order valence-corrected chi connectivity index (χ0v) is 8.34. The fourth-order valence-electron chi connectivity index (χ4n) is 0.974. The Morgan fingerprint density at radius 2 is 2.07 bits per heavy atom. The van der Waals surface area contributed by atoms with Gasteiger partial charge in [0.25, 0.3) is 0 Å². The number of halogens is 3. The lowest BCUT2D eigenvalue weighted by molar-refractivity contribution is -0.141. The Morgan fingerprint density at radius 3 is 2.67 bits per heavy atom. The first kappa shape index (κ1) is 11.8. The number of unbranched alkanes of at least 4 members (excludes halogenated alkanes) is 1. The second-order valence-corrected chi connectivity index (χ2v) is 3.06. The molecule has 84 valence electrons. The van der Waals surface area contributed by atoms with Gasteiger partial charge in [-0.2, -0.15) is 13.2 Å². The average Bonchev–Trinajstić information content (AvgIpc) is 2.17. The zero-order valence-electron chi connectivity index (χ0n) is 8.34. The Bertz CT molecular complexity index is 312. The van der Waals surface area contributed by atoms with Gasteiger partial charge in [0.2, 0.25) is 5.88 Å². The molecule has 0 saturated heterocycles. The maximum Gasteiger partial charge on any atom is 0.433 e. The SMILES string of the molecule is CCCCOc1cccc(C(F)(F)F)n1. The van der Waals surface area contributed by atoms with E-state index in [1.54, 1.807) is 0 Å². The van der Waals surface area contributed by atoms with Crippen molar-refractivity contribution in [2.24, 2.45) is 0 Å². The molecule has 0 atom stereocenters. The van der Waals surface area contributed by atoms with Gasteiger partial charge in [0, 0.05) is 6.07 Å². The van der Waals surface area contributed by atoms with E-state index in [-0.39, 0.29) is 5.88 Å². The summed E-state index contributed by atoms with van der Waals surface area (Å²) in [5.74, 6) is 0.0262. The second-order valence-electron chi connectivity index (χ2n) is 3.06.